The number of para-hydroxylation sites is 1. The number of fused-ring (bicyclic) bond motifs is 3. The van der Waals surface area contributed by atoms with Crippen LogP contribution in [0.1, 0.15) is 86.9 Å². The molecule has 0 radical (unpaired) electrons. The number of nitrogens with zero attached hydrogens (tertiary/aromatic N) is 3. The maximum atomic E-state index is 14.4. The monoisotopic (exact) mass is 527 g/mol. The molecule has 0 saturated carbocycles. The van der Waals surface area contributed by atoms with Crippen LogP contribution in [0.4, 0.5) is 13.2 Å². The van der Waals surface area contributed by atoms with Gasteiger partial charge in [-0.1, -0.05) is 84.0 Å². The van der Waals surface area contributed by atoms with Crippen molar-refractivity contribution in [2.24, 2.45) is 0 Å². The summed E-state index contributed by atoms with van der Waals surface area (Å²) in [6, 6.07) is 19.8. The van der Waals surface area contributed by atoms with Crippen molar-refractivity contribution in [2.45, 2.75) is 71.4 Å². The van der Waals surface area contributed by atoms with Crippen LogP contribution in [0.25, 0.3) is 28.3 Å². The van der Waals surface area contributed by atoms with Gasteiger partial charge in [-0.3, -0.25) is 4.57 Å². The molecule has 0 unspecified atom stereocenters. The molecule has 0 fully saturated rings. The second-order valence-corrected chi connectivity index (χ2v) is 11.6. The first-order valence-electron chi connectivity index (χ1n) is 13.3. The van der Waals surface area contributed by atoms with Crippen LogP contribution in [0.3, 0.4) is 0 Å². The van der Waals surface area contributed by atoms with E-state index >= 15 is 0 Å². The van der Waals surface area contributed by atoms with E-state index in [0.717, 1.165) is 45.4 Å². The van der Waals surface area contributed by atoms with Gasteiger partial charge in [0.2, 0.25) is 0 Å². The van der Waals surface area contributed by atoms with Gasteiger partial charge in [0.05, 0.1) is 34.3 Å². The summed E-state index contributed by atoms with van der Waals surface area (Å²) in [5, 5.41) is 9.63. The van der Waals surface area contributed by atoms with E-state index in [4.69, 9.17) is 4.98 Å². The lowest BCUT2D eigenvalue weighted by Crippen LogP contribution is -2.26. The van der Waals surface area contributed by atoms with Crippen molar-refractivity contribution < 1.29 is 13.2 Å². The van der Waals surface area contributed by atoms with Crippen LogP contribution in [0, 0.1) is 11.3 Å². The quantitative estimate of drug-likeness (QED) is 0.265. The number of hydrogen-bond acceptors (Lipinski definition) is 2. The SMILES string of the molecule is CC(C)c1cccc(C(C)C)c1-n1c(-c2cc(C#N)ccc2C(F)(F)F)nc2c1-c1ccccc1C(C)(C)C2. The van der Waals surface area contributed by atoms with E-state index in [1.165, 1.54) is 12.1 Å². The Balaban J connectivity index is 2.01. The Labute approximate surface area is 228 Å². The molecule has 6 heteroatoms. The van der Waals surface area contributed by atoms with Crippen LogP contribution in [0.15, 0.2) is 60.7 Å². The summed E-state index contributed by atoms with van der Waals surface area (Å²) >= 11 is 0. The van der Waals surface area contributed by atoms with E-state index in [-0.39, 0.29) is 34.2 Å². The van der Waals surface area contributed by atoms with Gasteiger partial charge in [0.15, 0.2) is 0 Å². The first kappa shape index (κ1) is 26.7. The van der Waals surface area contributed by atoms with Crippen molar-refractivity contribution in [3.05, 3.63) is 94.2 Å². The van der Waals surface area contributed by atoms with Crippen LogP contribution in [0.5, 0.6) is 0 Å². The van der Waals surface area contributed by atoms with Gasteiger partial charge in [0.1, 0.15) is 5.82 Å². The molecule has 1 aliphatic carbocycles. The van der Waals surface area contributed by atoms with Gasteiger partial charge in [-0.15, -0.1) is 0 Å². The number of imidazole rings is 1. The number of halogens is 3. The Morgan fingerprint density at radius 1 is 0.897 bits per heavy atom. The molecule has 0 saturated heterocycles. The van der Waals surface area contributed by atoms with Gasteiger partial charge in [0.25, 0.3) is 0 Å². The first-order valence-corrected chi connectivity index (χ1v) is 13.3. The maximum absolute atomic E-state index is 14.4. The van der Waals surface area contributed by atoms with E-state index in [1.807, 2.05) is 34.9 Å². The van der Waals surface area contributed by atoms with Gasteiger partial charge in [-0.05, 0) is 52.1 Å². The summed E-state index contributed by atoms with van der Waals surface area (Å²) < 4.78 is 45.3. The number of alkyl halides is 3. The predicted octanol–water partition coefficient (Wildman–Crippen LogP) is 9.18. The summed E-state index contributed by atoms with van der Waals surface area (Å²) in [5.41, 5.74) is 5.67. The average molecular weight is 528 g/mol. The van der Waals surface area contributed by atoms with E-state index in [1.54, 1.807) is 0 Å². The second-order valence-electron chi connectivity index (χ2n) is 11.6. The highest BCUT2D eigenvalue weighted by Crippen LogP contribution is 2.48. The predicted molar refractivity (Wildman–Crippen MR) is 149 cm³/mol. The summed E-state index contributed by atoms with van der Waals surface area (Å²) in [6.45, 7) is 12.7. The zero-order valence-corrected chi connectivity index (χ0v) is 23.1. The highest BCUT2D eigenvalue weighted by molar-refractivity contribution is 5.80. The van der Waals surface area contributed by atoms with Crippen molar-refractivity contribution in [1.82, 2.24) is 9.55 Å². The summed E-state index contributed by atoms with van der Waals surface area (Å²) in [5.74, 6) is 0.451. The zero-order chi connectivity index (χ0) is 28.3. The number of aromatic nitrogens is 2. The minimum absolute atomic E-state index is 0.0838. The zero-order valence-electron chi connectivity index (χ0n) is 23.1. The third-order valence-electron chi connectivity index (χ3n) is 7.73. The number of rotatable bonds is 4. The first-order chi connectivity index (χ1) is 18.3. The van der Waals surface area contributed by atoms with Gasteiger partial charge in [-0.25, -0.2) is 4.98 Å². The number of nitriles is 1. The second kappa shape index (κ2) is 9.41. The standard InChI is InChI=1S/C33H32F3N3/c1-19(2)22-11-9-12-23(20(3)4)29(22)39-30-24-10-7-8-13-26(24)32(5,6)17-28(30)38-31(39)25-16-21(18-37)14-15-27(25)33(34,35)36/h7-16,19-20H,17H2,1-6H3. The molecule has 4 aromatic rings. The average Bonchev–Trinajstić information content (AvgIpc) is 3.25. The van der Waals surface area contributed by atoms with Gasteiger partial charge >= 0.3 is 6.18 Å². The molecule has 1 aromatic heterocycles. The van der Waals surface area contributed by atoms with Crippen molar-refractivity contribution in [2.75, 3.05) is 0 Å². The summed E-state index contributed by atoms with van der Waals surface area (Å²) in [4.78, 5) is 5.00. The number of benzene rings is 3. The fourth-order valence-corrected chi connectivity index (χ4v) is 5.87. The topological polar surface area (TPSA) is 41.6 Å². The normalized spacial score (nSPS) is 14.3. The molecule has 5 rings (SSSR count). The van der Waals surface area contributed by atoms with Crippen molar-refractivity contribution >= 4 is 0 Å². The number of hydrogen-bond donors (Lipinski definition) is 0. The molecular formula is C33H32F3N3. The Morgan fingerprint density at radius 2 is 1.54 bits per heavy atom. The molecule has 1 aliphatic rings. The molecule has 1 heterocycles. The lowest BCUT2D eigenvalue weighted by molar-refractivity contribution is -0.137. The van der Waals surface area contributed by atoms with Crippen LogP contribution in [-0.4, -0.2) is 9.55 Å². The van der Waals surface area contributed by atoms with E-state index in [2.05, 4.69) is 59.7 Å². The molecule has 0 N–H and O–H groups in total. The fraction of sp³-hybridized carbons (Fsp3) is 0.333. The molecule has 0 spiro atoms. The Bertz CT molecular complexity index is 1590. The van der Waals surface area contributed by atoms with Crippen LogP contribution >= 0.6 is 0 Å². The fourth-order valence-electron chi connectivity index (χ4n) is 5.87. The smallest absolute Gasteiger partial charge is 0.291 e. The van der Waals surface area contributed by atoms with Crippen molar-refractivity contribution in [3.63, 3.8) is 0 Å². The molecule has 0 aliphatic heterocycles. The Morgan fingerprint density at radius 3 is 2.13 bits per heavy atom. The largest absolute Gasteiger partial charge is 0.417 e. The van der Waals surface area contributed by atoms with E-state index in [0.29, 0.717) is 6.42 Å². The van der Waals surface area contributed by atoms with Crippen LogP contribution < -0.4 is 0 Å². The lowest BCUT2D eigenvalue weighted by atomic mass is 9.73. The molecular weight excluding hydrogens is 495 g/mol. The maximum Gasteiger partial charge on any atom is 0.417 e. The molecule has 3 nitrogen and oxygen atoms in total. The lowest BCUT2D eigenvalue weighted by Gasteiger charge is -2.33. The minimum atomic E-state index is -4.61. The van der Waals surface area contributed by atoms with Crippen molar-refractivity contribution in [3.8, 4) is 34.4 Å². The molecule has 3 aromatic carbocycles. The molecule has 0 amide bonds. The van der Waals surface area contributed by atoms with Gasteiger partial charge < -0.3 is 0 Å². The highest BCUT2D eigenvalue weighted by Gasteiger charge is 2.39. The van der Waals surface area contributed by atoms with Crippen molar-refractivity contribution in [1.29, 1.82) is 5.26 Å². The highest BCUT2D eigenvalue weighted by atomic mass is 19.4. The molecule has 39 heavy (non-hydrogen) atoms. The van der Waals surface area contributed by atoms with Crippen LogP contribution in [0.2, 0.25) is 0 Å². The Hall–Kier alpha value is -3.85. The third-order valence-corrected chi connectivity index (χ3v) is 7.73. The molecule has 200 valence electrons. The van der Waals surface area contributed by atoms with Crippen LogP contribution in [-0.2, 0) is 18.0 Å². The minimum Gasteiger partial charge on any atom is -0.291 e. The van der Waals surface area contributed by atoms with E-state index in [9.17, 15) is 18.4 Å². The third kappa shape index (κ3) is 4.44. The van der Waals surface area contributed by atoms with Gasteiger partial charge in [-0.2, -0.15) is 18.4 Å². The van der Waals surface area contributed by atoms with Gasteiger partial charge in [0, 0.05) is 17.5 Å². The summed E-state index contributed by atoms with van der Waals surface area (Å²) in [6.07, 6.45) is -4.03. The van der Waals surface area contributed by atoms with E-state index < -0.39 is 11.7 Å². The molecule has 0 bridgehead atoms. The summed E-state index contributed by atoms with van der Waals surface area (Å²) in [7, 11) is 0. The molecule has 0 atom stereocenters. The Kier molecular flexibility index (Phi) is 6.45.